The first-order valence-corrected chi connectivity index (χ1v) is 19.1. The Kier molecular flexibility index (Phi) is 17.7. The number of aliphatic carboxylic acids is 1. The number of carbonyl (C=O) groups is 6. The van der Waals surface area contributed by atoms with Gasteiger partial charge in [-0.05, 0) is 70.2 Å². The van der Waals surface area contributed by atoms with E-state index in [1.165, 1.54) is 30.2 Å². The molecule has 1 aromatic heterocycles. The third kappa shape index (κ3) is 14.3. The highest BCUT2D eigenvalue weighted by molar-refractivity contribution is 6.08. The predicted molar refractivity (Wildman–Crippen MR) is 213 cm³/mol. The van der Waals surface area contributed by atoms with E-state index in [0.29, 0.717) is 25.0 Å². The zero-order chi connectivity index (χ0) is 44.3. The van der Waals surface area contributed by atoms with Crippen molar-refractivity contribution in [3.8, 4) is 0 Å². The van der Waals surface area contributed by atoms with Crippen molar-refractivity contribution in [1.82, 2.24) is 30.7 Å². The third-order valence-corrected chi connectivity index (χ3v) is 9.17. The molecule has 0 radical (unpaired) electrons. The van der Waals surface area contributed by atoms with Crippen LogP contribution >= 0.6 is 0 Å². The Hall–Kier alpha value is -5.19. The highest BCUT2D eigenvalue weighted by Gasteiger charge is 2.39. The van der Waals surface area contributed by atoms with Crippen LogP contribution < -0.4 is 16.0 Å². The zero-order valence-electron chi connectivity index (χ0n) is 35.1. The molecule has 322 valence electrons. The van der Waals surface area contributed by atoms with E-state index in [2.05, 4.69) is 20.9 Å². The summed E-state index contributed by atoms with van der Waals surface area (Å²) in [7, 11) is 5.13. The van der Waals surface area contributed by atoms with Gasteiger partial charge in [-0.25, -0.2) is 4.79 Å². The van der Waals surface area contributed by atoms with E-state index in [4.69, 9.17) is 14.6 Å². The monoisotopic (exact) mass is 820 g/mol. The lowest BCUT2D eigenvalue weighted by Gasteiger charge is -2.31. The number of nitrogens with one attached hydrogen (secondary N) is 4. The van der Waals surface area contributed by atoms with Crippen molar-refractivity contribution >= 4 is 46.4 Å². The number of methoxy groups -OCH3 is 1. The number of ether oxygens (including phenoxy) is 1. The summed E-state index contributed by atoms with van der Waals surface area (Å²) in [6.45, 7) is 15.2. The second-order valence-corrected chi connectivity index (χ2v) is 16.3. The molecular formula is C41H59F3N6O8. The van der Waals surface area contributed by atoms with Crippen molar-refractivity contribution in [1.29, 1.82) is 0 Å². The van der Waals surface area contributed by atoms with E-state index in [1.54, 1.807) is 13.8 Å². The van der Waals surface area contributed by atoms with E-state index in [1.807, 2.05) is 91.0 Å². The first-order chi connectivity index (χ1) is 26.8. The molecule has 4 atom stereocenters. The fourth-order valence-corrected chi connectivity index (χ4v) is 6.60. The van der Waals surface area contributed by atoms with Crippen molar-refractivity contribution in [3.63, 3.8) is 0 Å². The Balaban J connectivity index is 0.00000151. The van der Waals surface area contributed by atoms with Gasteiger partial charge in [0.25, 0.3) is 11.8 Å². The van der Waals surface area contributed by atoms with E-state index in [0.717, 1.165) is 16.5 Å². The maximum atomic E-state index is 13.7. The number of likely N-dealkylation sites (N-methyl/N-ethyl adjacent to an activating group) is 1. The second-order valence-electron chi connectivity index (χ2n) is 16.3. The highest BCUT2D eigenvalue weighted by Crippen LogP contribution is 2.28. The molecule has 14 nitrogen and oxygen atoms in total. The predicted octanol–water partition coefficient (Wildman–Crippen LogP) is 4.71. The normalized spacial score (nSPS) is 16.3. The van der Waals surface area contributed by atoms with Crippen molar-refractivity contribution in [2.45, 2.75) is 111 Å². The van der Waals surface area contributed by atoms with Crippen LogP contribution in [0.3, 0.4) is 0 Å². The number of halogens is 3. The molecule has 58 heavy (non-hydrogen) atoms. The number of aromatic nitrogens is 1. The van der Waals surface area contributed by atoms with Crippen LogP contribution in [0.5, 0.6) is 0 Å². The molecule has 1 aromatic carbocycles. The number of alkyl halides is 3. The van der Waals surface area contributed by atoms with Gasteiger partial charge >= 0.3 is 12.1 Å². The average molecular weight is 821 g/mol. The van der Waals surface area contributed by atoms with Crippen molar-refractivity contribution in [2.75, 3.05) is 21.2 Å². The summed E-state index contributed by atoms with van der Waals surface area (Å²) in [4.78, 5) is 82.4. The van der Waals surface area contributed by atoms with Crippen LogP contribution in [0.4, 0.5) is 13.2 Å². The number of hydrogen-bond acceptors (Lipinski definition) is 8. The number of carbonyl (C=O) groups excluding carboxylic acids is 5. The SMILES string of the molecule is COC1=CC(=O)N(C(=O)/C=C/C(C)(C)NC(=O)[C@H](CC(C)C)NC(=O)[C@H](CC(C)C)NC(=O)[C@H](C(C)C)N(C)C)[C@H]1Cc1c[nH]c2ccccc12.O=C(O)C(F)(F)F. The van der Waals surface area contributed by atoms with Crippen LogP contribution in [0.2, 0.25) is 0 Å². The molecule has 1 aliphatic heterocycles. The van der Waals surface area contributed by atoms with Crippen molar-refractivity contribution in [2.24, 2.45) is 17.8 Å². The number of nitrogens with zero attached hydrogens (tertiary/aromatic N) is 2. The number of para-hydroxylation sites is 1. The second kappa shape index (κ2) is 21.0. The number of imide groups is 1. The number of aromatic amines is 1. The van der Waals surface area contributed by atoms with Crippen LogP contribution in [0, 0.1) is 17.8 Å². The topological polar surface area (TPSA) is 190 Å². The molecule has 17 heteroatoms. The van der Waals surface area contributed by atoms with Crippen LogP contribution in [0.25, 0.3) is 10.9 Å². The summed E-state index contributed by atoms with van der Waals surface area (Å²) in [6, 6.07) is 5.02. The largest absolute Gasteiger partial charge is 0.499 e. The van der Waals surface area contributed by atoms with Crippen molar-refractivity contribution in [3.05, 3.63) is 60.0 Å². The molecular weight excluding hydrogens is 761 g/mol. The van der Waals surface area contributed by atoms with E-state index >= 15 is 0 Å². The standard InChI is InChI=1S/C39H58N6O6.C2HF3O2/c1-23(2)18-29(42-38(50)35(25(5)6)44(9)10)36(48)41-30(19-24(3)4)37(49)43-39(7,8)17-16-33(46)45-31(32(51-11)21-34(45)47)20-26-22-40-28-15-13-12-14-27(26)28;3-2(4,5)1(6)7/h12-17,21-25,29-31,35,40H,18-20H2,1-11H3,(H,41,48)(H,42,50)(H,43,49);(H,6,7)/b17-16+;/t29-,30-,31-,35-;/m0./s1. The van der Waals surface area contributed by atoms with Crippen LogP contribution in [0.15, 0.2) is 54.4 Å². The quantitative estimate of drug-likeness (QED) is 0.141. The molecule has 2 aromatic rings. The Labute approximate surface area is 338 Å². The van der Waals surface area contributed by atoms with Crippen LogP contribution in [0.1, 0.15) is 73.8 Å². The molecule has 0 saturated carbocycles. The molecule has 5 amide bonds. The molecule has 0 aliphatic carbocycles. The molecule has 3 rings (SSSR count). The fraction of sp³-hybridized carbons (Fsp3) is 0.561. The summed E-state index contributed by atoms with van der Waals surface area (Å²) >= 11 is 0. The van der Waals surface area contributed by atoms with Crippen LogP contribution in [-0.4, -0.2) is 112 Å². The summed E-state index contributed by atoms with van der Waals surface area (Å²) in [5.74, 6) is -4.31. The van der Waals surface area contributed by atoms with Gasteiger partial charge < -0.3 is 30.8 Å². The number of benzene rings is 1. The Morgan fingerprint density at radius 2 is 1.47 bits per heavy atom. The van der Waals surface area contributed by atoms with Gasteiger partial charge in [0.2, 0.25) is 17.7 Å². The molecule has 5 N–H and O–H groups in total. The lowest BCUT2D eigenvalue weighted by molar-refractivity contribution is -0.192. The fourth-order valence-electron chi connectivity index (χ4n) is 6.60. The number of amides is 5. The van der Waals surface area contributed by atoms with E-state index < -0.39 is 65.5 Å². The van der Waals surface area contributed by atoms with Gasteiger partial charge in [-0.2, -0.15) is 13.2 Å². The molecule has 0 saturated heterocycles. The number of H-pyrrole nitrogens is 1. The number of fused-ring (bicyclic) bond motifs is 1. The van der Waals surface area contributed by atoms with Gasteiger partial charge in [-0.15, -0.1) is 0 Å². The van der Waals surface area contributed by atoms with E-state index in [-0.39, 0.29) is 23.7 Å². The minimum Gasteiger partial charge on any atom is -0.499 e. The van der Waals surface area contributed by atoms with Gasteiger partial charge in [0.1, 0.15) is 23.9 Å². The third-order valence-electron chi connectivity index (χ3n) is 9.17. The number of carboxylic acids is 1. The summed E-state index contributed by atoms with van der Waals surface area (Å²) in [5, 5.41) is 16.9. The highest BCUT2D eigenvalue weighted by atomic mass is 19.4. The van der Waals surface area contributed by atoms with Gasteiger partial charge in [0.05, 0.1) is 18.7 Å². The summed E-state index contributed by atoms with van der Waals surface area (Å²) in [6.07, 6.45) is 2.05. The molecule has 0 unspecified atom stereocenters. The van der Waals surface area contributed by atoms with Gasteiger partial charge in [-0.1, -0.05) is 65.8 Å². The molecule has 0 spiro atoms. The molecule has 1 aliphatic rings. The Morgan fingerprint density at radius 3 is 1.97 bits per heavy atom. The smallest absolute Gasteiger partial charge is 0.490 e. The lowest BCUT2D eigenvalue weighted by atomic mass is 9.97. The summed E-state index contributed by atoms with van der Waals surface area (Å²) < 4.78 is 37.2. The lowest BCUT2D eigenvalue weighted by Crippen LogP contribution is -2.58. The number of carboxylic acid groups (broad SMARTS) is 1. The minimum absolute atomic E-state index is 0.0247. The summed E-state index contributed by atoms with van der Waals surface area (Å²) in [5.41, 5.74) is 0.862. The number of rotatable bonds is 17. The molecule has 0 fully saturated rings. The number of hydrogen-bond donors (Lipinski definition) is 5. The average Bonchev–Trinajstić information content (AvgIpc) is 3.65. The van der Waals surface area contributed by atoms with Crippen molar-refractivity contribution < 1.29 is 51.8 Å². The first kappa shape index (κ1) is 49.0. The van der Waals surface area contributed by atoms with Crippen LogP contribution in [-0.2, 0) is 39.9 Å². The van der Waals surface area contributed by atoms with Gasteiger partial charge in [-0.3, -0.25) is 33.8 Å². The van der Waals surface area contributed by atoms with E-state index in [9.17, 15) is 37.1 Å². The van der Waals surface area contributed by atoms with Gasteiger partial charge in [0, 0.05) is 35.7 Å². The molecule has 0 bridgehead atoms. The van der Waals surface area contributed by atoms with Gasteiger partial charge in [0.15, 0.2) is 0 Å². The maximum Gasteiger partial charge on any atom is 0.490 e. The Bertz CT molecular complexity index is 1820. The Morgan fingerprint density at radius 1 is 0.931 bits per heavy atom. The zero-order valence-corrected chi connectivity index (χ0v) is 35.1. The molecule has 2 heterocycles. The maximum absolute atomic E-state index is 13.7. The first-order valence-electron chi connectivity index (χ1n) is 19.1. The minimum atomic E-state index is -5.08.